The molecule has 0 aliphatic rings. The normalized spacial score (nSPS) is 15.7. The first kappa shape index (κ1) is 12.9. The molecule has 0 amide bonds. The highest BCUT2D eigenvalue weighted by atomic mass is 16.3. The molecule has 0 fully saturated rings. The highest BCUT2D eigenvalue weighted by Gasteiger charge is 2.12. The number of aliphatic hydroxyl groups is 2. The molecule has 0 aliphatic heterocycles. The summed E-state index contributed by atoms with van der Waals surface area (Å²) in [6.45, 7) is 4.51. The summed E-state index contributed by atoms with van der Waals surface area (Å²) in [5.74, 6) is 0.387. The highest BCUT2D eigenvalue weighted by molar-refractivity contribution is 4.64. The fourth-order valence-electron chi connectivity index (χ4n) is 1.47. The maximum atomic E-state index is 9.69. The molecular weight excluding hydrogens is 164 g/mol. The Bertz CT molecular complexity index is 104. The molecule has 80 valence electrons. The largest absolute Gasteiger partial charge is 0.396 e. The smallest absolute Gasteiger partial charge is 0.0565 e. The van der Waals surface area contributed by atoms with Crippen LogP contribution in [0.25, 0.3) is 0 Å². The molecule has 0 radical (unpaired) electrons. The molecular formula is C11H24O2. The van der Waals surface area contributed by atoms with Crippen molar-refractivity contribution in [2.45, 2.75) is 58.5 Å². The van der Waals surface area contributed by atoms with Crippen LogP contribution >= 0.6 is 0 Å². The maximum Gasteiger partial charge on any atom is 0.0565 e. The van der Waals surface area contributed by atoms with Crippen LogP contribution in [0.2, 0.25) is 0 Å². The van der Waals surface area contributed by atoms with Gasteiger partial charge in [0.25, 0.3) is 0 Å². The van der Waals surface area contributed by atoms with Gasteiger partial charge < -0.3 is 10.2 Å². The van der Waals surface area contributed by atoms with Crippen LogP contribution in [-0.4, -0.2) is 22.9 Å². The Morgan fingerprint density at radius 2 is 1.77 bits per heavy atom. The average molecular weight is 188 g/mol. The quantitative estimate of drug-likeness (QED) is 0.574. The SMILES string of the molecule is CCCCC(O)C(C)CCCCO. The van der Waals surface area contributed by atoms with Gasteiger partial charge >= 0.3 is 0 Å². The van der Waals surface area contributed by atoms with Crippen molar-refractivity contribution in [1.29, 1.82) is 0 Å². The lowest BCUT2D eigenvalue weighted by Gasteiger charge is -2.18. The van der Waals surface area contributed by atoms with Gasteiger partial charge in [-0.15, -0.1) is 0 Å². The van der Waals surface area contributed by atoms with E-state index in [9.17, 15) is 5.11 Å². The number of aliphatic hydroxyl groups excluding tert-OH is 2. The van der Waals surface area contributed by atoms with Gasteiger partial charge in [0.2, 0.25) is 0 Å². The molecule has 0 heterocycles. The number of hydrogen-bond donors (Lipinski definition) is 2. The predicted octanol–water partition coefficient (Wildman–Crippen LogP) is 2.34. The standard InChI is InChI=1S/C11H24O2/c1-3-4-8-11(13)10(2)7-5-6-9-12/h10-13H,3-9H2,1-2H3. The van der Waals surface area contributed by atoms with Crippen molar-refractivity contribution in [3.05, 3.63) is 0 Å². The van der Waals surface area contributed by atoms with Crippen molar-refractivity contribution in [2.75, 3.05) is 6.61 Å². The van der Waals surface area contributed by atoms with Crippen LogP contribution in [0, 0.1) is 5.92 Å². The third-order valence-corrected chi connectivity index (χ3v) is 2.58. The third-order valence-electron chi connectivity index (χ3n) is 2.58. The molecule has 0 spiro atoms. The molecule has 0 aromatic rings. The van der Waals surface area contributed by atoms with Crippen molar-refractivity contribution in [3.63, 3.8) is 0 Å². The second-order valence-electron chi connectivity index (χ2n) is 3.91. The van der Waals surface area contributed by atoms with E-state index < -0.39 is 0 Å². The first-order valence-electron chi connectivity index (χ1n) is 5.51. The van der Waals surface area contributed by atoms with Crippen molar-refractivity contribution in [3.8, 4) is 0 Å². The predicted molar refractivity (Wildman–Crippen MR) is 55.6 cm³/mol. The van der Waals surface area contributed by atoms with Gasteiger partial charge in [-0.05, 0) is 25.2 Å². The van der Waals surface area contributed by atoms with Crippen LogP contribution in [0.5, 0.6) is 0 Å². The van der Waals surface area contributed by atoms with E-state index in [2.05, 4.69) is 13.8 Å². The molecule has 2 N–H and O–H groups in total. The second-order valence-corrected chi connectivity index (χ2v) is 3.91. The summed E-state index contributed by atoms with van der Waals surface area (Å²) in [6.07, 6.45) is 5.98. The van der Waals surface area contributed by atoms with Gasteiger partial charge in [0, 0.05) is 6.61 Å². The van der Waals surface area contributed by atoms with Gasteiger partial charge in [-0.25, -0.2) is 0 Å². The van der Waals surface area contributed by atoms with Crippen LogP contribution in [0.4, 0.5) is 0 Å². The monoisotopic (exact) mass is 188 g/mol. The summed E-state index contributed by atoms with van der Waals surface area (Å²) in [5, 5.41) is 18.3. The summed E-state index contributed by atoms with van der Waals surface area (Å²) < 4.78 is 0. The Hall–Kier alpha value is -0.0800. The Morgan fingerprint density at radius 1 is 1.08 bits per heavy atom. The van der Waals surface area contributed by atoms with Crippen molar-refractivity contribution >= 4 is 0 Å². The second kappa shape index (κ2) is 8.52. The zero-order valence-electron chi connectivity index (χ0n) is 9.00. The Labute approximate surface area is 82.0 Å². The van der Waals surface area contributed by atoms with Gasteiger partial charge in [-0.3, -0.25) is 0 Å². The lowest BCUT2D eigenvalue weighted by atomic mass is 9.94. The minimum absolute atomic E-state index is 0.140. The van der Waals surface area contributed by atoms with E-state index in [1.54, 1.807) is 0 Å². The molecule has 13 heavy (non-hydrogen) atoms. The van der Waals surface area contributed by atoms with Gasteiger partial charge in [0.05, 0.1) is 6.10 Å². The first-order chi connectivity index (χ1) is 6.22. The summed E-state index contributed by atoms with van der Waals surface area (Å²) in [6, 6.07) is 0. The number of rotatable bonds is 8. The lowest BCUT2D eigenvalue weighted by molar-refractivity contribution is 0.0981. The Morgan fingerprint density at radius 3 is 2.31 bits per heavy atom. The molecule has 2 unspecified atom stereocenters. The first-order valence-corrected chi connectivity index (χ1v) is 5.51. The van der Waals surface area contributed by atoms with E-state index >= 15 is 0 Å². The van der Waals surface area contributed by atoms with E-state index in [-0.39, 0.29) is 12.7 Å². The van der Waals surface area contributed by atoms with E-state index in [0.717, 1.165) is 38.5 Å². The summed E-state index contributed by atoms with van der Waals surface area (Å²) >= 11 is 0. The van der Waals surface area contributed by atoms with E-state index in [4.69, 9.17) is 5.11 Å². The molecule has 2 heteroatoms. The zero-order valence-corrected chi connectivity index (χ0v) is 9.00. The molecule has 0 saturated heterocycles. The fraction of sp³-hybridized carbons (Fsp3) is 1.00. The summed E-state index contributed by atoms with van der Waals surface area (Å²) in [4.78, 5) is 0. The van der Waals surface area contributed by atoms with Gasteiger partial charge in [0.15, 0.2) is 0 Å². The van der Waals surface area contributed by atoms with Crippen LogP contribution < -0.4 is 0 Å². The Balaban J connectivity index is 3.38. The van der Waals surface area contributed by atoms with Crippen LogP contribution in [0.1, 0.15) is 52.4 Å². The van der Waals surface area contributed by atoms with Crippen LogP contribution in [-0.2, 0) is 0 Å². The van der Waals surface area contributed by atoms with E-state index in [1.807, 2.05) is 0 Å². The Kier molecular flexibility index (Phi) is 8.46. The van der Waals surface area contributed by atoms with Gasteiger partial charge in [0.1, 0.15) is 0 Å². The van der Waals surface area contributed by atoms with Gasteiger partial charge in [-0.2, -0.15) is 0 Å². The molecule has 0 saturated carbocycles. The topological polar surface area (TPSA) is 40.5 Å². The molecule has 0 aliphatic carbocycles. The lowest BCUT2D eigenvalue weighted by Crippen LogP contribution is -2.17. The van der Waals surface area contributed by atoms with Crippen molar-refractivity contribution in [2.24, 2.45) is 5.92 Å². The fourth-order valence-corrected chi connectivity index (χ4v) is 1.47. The summed E-state index contributed by atoms with van der Waals surface area (Å²) in [7, 11) is 0. The maximum absolute atomic E-state index is 9.69. The molecule has 0 aromatic carbocycles. The molecule has 0 bridgehead atoms. The van der Waals surface area contributed by atoms with Crippen LogP contribution in [0.15, 0.2) is 0 Å². The zero-order chi connectivity index (χ0) is 10.1. The number of hydrogen-bond acceptors (Lipinski definition) is 2. The van der Waals surface area contributed by atoms with Crippen molar-refractivity contribution in [1.82, 2.24) is 0 Å². The highest BCUT2D eigenvalue weighted by Crippen LogP contribution is 2.16. The minimum atomic E-state index is -0.140. The average Bonchev–Trinajstić information content (AvgIpc) is 2.14. The summed E-state index contributed by atoms with van der Waals surface area (Å²) in [5.41, 5.74) is 0. The molecule has 2 atom stereocenters. The third kappa shape index (κ3) is 7.03. The molecule has 2 nitrogen and oxygen atoms in total. The van der Waals surface area contributed by atoms with E-state index in [0.29, 0.717) is 5.92 Å². The van der Waals surface area contributed by atoms with Crippen molar-refractivity contribution < 1.29 is 10.2 Å². The van der Waals surface area contributed by atoms with Gasteiger partial charge in [-0.1, -0.05) is 33.1 Å². The molecule has 0 rings (SSSR count). The van der Waals surface area contributed by atoms with Crippen LogP contribution in [0.3, 0.4) is 0 Å². The number of unbranched alkanes of at least 4 members (excludes halogenated alkanes) is 2. The minimum Gasteiger partial charge on any atom is -0.396 e. The molecule has 0 aromatic heterocycles. The van der Waals surface area contributed by atoms with E-state index in [1.165, 1.54) is 0 Å².